The van der Waals surface area contributed by atoms with Gasteiger partial charge in [0.1, 0.15) is 18.2 Å². The number of nitriles is 1. The van der Waals surface area contributed by atoms with Crippen molar-refractivity contribution in [3.63, 3.8) is 0 Å². The Kier molecular flexibility index (Phi) is 7.91. The first-order valence-corrected chi connectivity index (χ1v) is 10.5. The number of hydrogen-bond acceptors (Lipinski definition) is 6. The van der Waals surface area contributed by atoms with Crippen LogP contribution in [0.4, 0.5) is 5.69 Å². The van der Waals surface area contributed by atoms with E-state index in [-0.39, 0.29) is 17.7 Å². The number of anilines is 1. The van der Waals surface area contributed by atoms with Crippen molar-refractivity contribution in [1.29, 1.82) is 5.26 Å². The molecule has 8 heteroatoms. The van der Waals surface area contributed by atoms with Crippen molar-refractivity contribution in [3.8, 4) is 17.6 Å². The lowest BCUT2D eigenvalue weighted by Gasteiger charge is -2.12. The van der Waals surface area contributed by atoms with Crippen LogP contribution in [0, 0.1) is 18.3 Å². The normalized spacial score (nSPS) is 10.8. The molecule has 3 aromatic rings. The number of hydrogen-bond donors (Lipinski definition) is 1. The highest BCUT2D eigenvalue weighted by Crippen LogP contribution is 2.30. The molecule has 0 saturated carbocycles. The molecule has 1 amide bonds. The summed E-state index contributed by atoms with van der Waals surface area (Å²) in [5.41, 5.74) is 2.37. The Morgan fingerprint density at radius 1 is 1.12 bits per heavy atom. The zero-order chi connectivity index (χ0) is 24.7. The van der Waals surface area contributed by atoms with E-state index in [0.717, 1.165) is 0 Å². The smallest absolute Gasteiger partial charge is 0.266 e. The van der Waals surface area contributed by atoms with Crippen LogP contribution in [0.5, 0.6) is 11.5 Å². The number of nitrogens with zero attached hydrogens (tertiary/aromatic N) is 1. The molecule has 34 heavy (non-hydrogen) atoms. The maximum absolute atomic E-state index is 12.6. The number of halogens is 1. The van der Waals surface area contributed by atoms with E-state index in [1.165, 1.54) is 25.3 Å². The Hall–Kier alpha value is -4.28. The fourth-order valence-electron chi connectivity index (χ4n) is 3.09. The molecule has 0 unspecified atom stereocenters. The van der Waals surface area contributed by atoms with Gasteiger partial charge in [-0.15, -0.1) is 0 Å². The third kappa shape index (κ3) is 5.94. The van der Waals surface area contributed by atoms with Crippen molar-refractivity contribution in [2.45, 2.75) is 13.5 Å². The Labute approximate surface area is 201 Å². The summed E-state index contributed by atoms with van der Waals surface area (Å²) < 4.78 is 11.2. The molecule has 0 fully saturated rings. The van der Waals surface area contributed by atoms with Gasteiger partial charge in [0.05, 0.1) is 13.1 Å². The summed E-state index contributed by atoms with van der Waals surface area (Å²) in [6, 6.07) is 18.2. The fraction of sp³-hybridized carbons (Fsp3) is 0.115. The quantitative estimate of drug-likeness (QED) is 0.387. The molecule has 172 valence electrons. The summed E-state index contributed by atoms with van der Waals surface area (Å²) in [4.78, 5) is 23.6. The van der Waals surface area contributed by atoms with Gasteiger partial charge in [-0.05, 0) is 65.6 Å². The van der Waals surface area contributed by atoms with E-state index in [0.29, 0.717) is 38.9 Å². The van der Waals surface area contributed by atoms with Crippen molar-refractivity contribution in [1.82, 2.24) is 0 Å². The van der Waals surface area contributed by atoms with Crippen molar-refractivity contribution < 1.29 is 24.2 Å². The van der Waals surface area contributed by atoms with Gasteiger partial charge in [0.15, 0.2) is 11.5 Å². The second-order valence-corrected chi connectivity index (χ2v) is 7.63. The van der Waals surface area contributed by atoms with Crippen LogP contribution in [-0.4, -0.2) is 19.0 Å². The molecular weight excluding hydrogens is 456 g/mol. The highest BCUT2D eigenvalue weighted by atomic mass is 35.5. The Balaban J connectivity index is 1.77. The standard InChI is InChI=1S/C26H21ClN2O5/c1-16-21(27)7-4-8-22(16)29-25(30)20(14-28)11-17-9-10-23(24(13-17)33-2)34-15-18-5-3-6-19(12-18)26(31)32/h3-13H,15H2,1-2H3,(H,29,30)(H,31,32)/p-1/b20-11-. The highest BCUT2D eigenvalue weighted by Gasteiger charge is 2.13. The number of carboxylic acids is 1. The van der Waals surface area contributed by atoms with Crippen LogP contribution in [-0.2, 0) is 11.4 Å². The van der Waals surface area contributed by atoms with Crippen LogP contribution in [0.2, 0.25) is 5.02 Å². The van der Waals surface area contributed by atoms with Gasteiger partial charge in [0.25, 0.3) is 5.91 Å². The first-order chi connectivity index (χ1) is 16.3. The molecule has 3 rings (SSSR count). The predicted octanol–water partition coefficient (Wildman–Crippen LogP) is 4.15. The van der Waals surface area contributed by atoms with Gasteiger partial charge < -0.3 is 24.7 Å². The molecule has 0 saturated heterocycles. The Morgan fingerprint density at radius 3 is 2.59 bits per heavy atom. The fourth-order valence-corrected chi connectivity index (χ4v) is 3.26. The predicted molar refractivity (Wildman–Crippen MR) is 127 cm³/mol. The van der Waals surface area contributed by atoms with E-state index in [2.05, 4.69) is 5.32 Å². The minimum atomic E-state index is -1.27. The third-order valence-electron chi connectivity index (χ3n) is 4.94. The first kappa shape index (κ1) is 24.4. The second kappa shape index (κ2) is 11.0. The number of carboxylic acid groups (broad SMARTS) is 1. The van der Waals surface area contributed by atoms with E-state index in [4.69, 9.17) is 21.1 Å². The van der Waals surface area contributed by atoms with E-state index in [1.807, 2.05) is 6.07 Å². The molecular formula is C26H20ClN2O5-. The first-order valence-electron chi connectivity index (χ1n) is 10.1. The number of rotatable bonds is 8. The van der Waals surface area contributed by atoms with Gasteiger partial charge in [-0.25, -0.2) is 0 Å². The van der Waals surface area contributed by atoms with Crippen LogP contribution in [0.15, 0.2) is 66.2 Å². The maximum Gasteiger partial charge on any atom is 0.266 e. The molecule has 0 aliphatic rings. The zero-order valence-electron chi connectivity index (χ0n) is 18.4. The monoisotopic (exact) mass is 475 g/mol. The molecule has 0 aliphatic heterocycles. The molecule has 0 aliphatic carbocycles. The highest BCUT2D eigenvalue weighted by molar-refractivity contribution is 6.31. The molecule has 1 N–H and O–H groups in total. The van der Waals surface area contributed by atoms with E-state index in [9.17, 15) is 20.0 Å². The Bertz CT molecular complexity index is 1310. The van der Waals surface area contributed by atoms with Crippen LogP contribution in [0.3, 0.4) is 0 Å². The summed E-state index contributed by atoms with van der Waals surface area (Å²) in [6.07, 6.45) is 1.44. The number of carbonyl (C=O) groups excluding carboxylic acids is 2. The topological polar surface area (TPSA) is 111 Å². The Morgan fingerprint density at radius 2 is 1.88 bits per heavy atom. The van der Waals surface area contributed by atoms with Gasteiger partial charge in [0, 0.05) is 10.7 Å². The minimum absolute atomic E-state index is 0.0591. The number of carbonyl (C=O) groups is 2. The summed E-state index contributed by atoms with van der Waals surface area (Å²) in [6.45, 7) is 1.88. The molecule has 0 spiro atoms. The number of ether oxygens (including phenoxy) is 2. The van der Waals surface area contributed by atoms with Crippen LogP contribution in [0.1, 0.15) is 27.0 Å². The van der Waals surface area contributed by atoms with Crippen LogP contribution >= 0.6 is 11.6 Å². The zero-order valence-corrected chi connectivity index (χ0v) is 19.2. The number of methoxy groups -OCH3 is 1. The summed E-state index contributed by atoms with van der Waals surface area (Å²) in [5.74, 6) is -1.04. The van der Waals surface area contributed by atoms with Gasteiger partial charge in [0.2, 0.25) is 0 Å². The van der Waals surface area contributed by atoms with Crippen molar-refractivity contribution in [2.75, 3.05) is 12.4 Å². The van der Waals surface area contributed by atoms with Crippen LogP contribution in [0.25, 0.3) is 6.08 Å². The minimum Gasteiger partial charge on any atom is -0.545 e. The van der Waals surface area contributed by atoms with E-state index >= 15 is 0 Å². The molecule has 0 radical (unpaired) electrons. The van der Waals surface area contributed by atoms with Crippen molar-refractivity contribution in [2.24, 2.45) is 0 Å². The lowest BCUT2D eigenvalue weighted by Crippen LogP contribution is -2.22. The molecule has 0 heterocycles. The summed E-state index contributed by atoms with van der Waals surface area (Å²) >= 11 is 6.09. The average Bonchev–Trinajstić information content (AvgIpc) is 2.84. The van der Waals surface area contributed by atoms with E-state index < -0.39 is 11.9 Å². The van der Waals surface area contributed by atoms with Crippen molar-refractivity contribution >= 4 is 35.2 Å². The summed E-state index contributed by atoms with van der Waals surface area (Å²) in [7, 11) is 1.46. The number of benzene rings is 3. The lowest BCUT2D eigenvalue weighted by atomic mass is 10.1. The van der Waals surface area contributed by atoms with Gasteiger partial charge in [-0.1, -0.05) is 41.9 Å². The second-order valence-electron chi connectivity index (χ2n) is 7.22. The maximum atomic E-state index is 12.6. The van der Waals surface area contributed by atoms with Crippen LogP contribution < -0.4 is 19.9 Å². The summed E-state index contributed by atoms with van der Waals surface area (Å²) in [5, 5.41) is 23.7. The number of amides is 1. The number of nitrogens with one attached hydrogen (secondary N) is 1. The van der Waals surface area contributed by atoms with Crippen molar-refractivity contribution in [3.05, 3.63) is 93.5 Å². The largest absolute Gasteiger partial charge is 0.545 e. The van der Waals surface area contributed by atoms with Gasteiger partial charge in [-0.3, -0.25) is 4.79 Å². The molecule has 0 atom stereocenters. The third-order valence-corrected chi connectivity index (χ3v) is 5.35. The molecule has 0 bridgehead atoms. The average molecular weight is 476 g/mol. The lowest BCUT2D eigenvalue weighted by molar-refractivity contribution is -0.255. The SMILES string of the molecule is COc1cc(/C=C(/C#N)C(=O)Nc2cccc(Cl)c2C)ccc1OCc1cccc(C(=O)[O-])c1. The van der Waals surface area contributed by atoms with Gasteiger partial charge >= 0.3 is 0 Å². The van der Waals surface area contributed by atoms with Gasteiger partial charge in [-0.2, -0.15) is 5.26 Å². The molecule has 7 nitrogen and oxygen atoms in total. The molecule has 3 aromatic carbocycles. The molecule has 0 aromatic heterocycles. The number of aromatic carboxylic acids is 1. The van der Waals surface area contributed by atoms with E-state index in [1.54, 1.807) is 55.5 Å².